The fourth-order valence-corrected chi connectivity index (χ4v) is 3.91. The number of rotatable bonds is 8. The lowest BCUT2D eigenvalue weighted by Crippen LogP contribution is -2.49. The van der Waals surface area contributed by atoms with Gasteiger partial charge in [-0.3, -0.25) is 9.59 Å². The second-order valence-corrected chi connectivity index (χ2v) is 8.18. The van der Waals surface area contributed by atoms with Crippen LogP contribution in [-0.4, -0.2) is 63.4 Å². The van der Waals surface area contributed by atoms with Crippen molar-refractivity contribution in [2.45, 2.75) is 31.3 Å². The van der Waals surface area contributed by atoms with Crippen molar-refractivity contribution in [2.24, 2.45) is 0 Å². The summed E-state index contributed by atoms with van der Waals surface area (Å²) >= 11 is 0. The van der Waals surface area contributed by atoms with Gasteiger partial charge in [-0.25, -0.2) is 8.42 Å². The Morgan fingerprint density at radius 1 is 1.38 bits per heavy atom. The van der Waals surface area contributed by atoms with Crippen LogP contribution in [0.5, 0.6) is 0 Å². The Balaban J connectivity index is 2.00. The summed E-state index contributed by atoms with van der Waals surface area (Å²) in [7, 11) is -3.82. The van der Waals surface area contributed by atoms with Gasteiger partial charge in [-0.15, -0.1) is 0 Å². The molecule has 2 amide bonds. The van der Waals surface area contributed by atoms with Gasteiger partial charge in [0.15, 0.2) is 0 Å². The summed E-state index contributed by atoms with van der Waals surface area (Å²) in [5, 5.41) is 5.33. The molecule has 0 saturated carbocycles. The molecule has 1 aromatic carbocycles. The lowest BCUT2D eigenvalue weighted by molar-refractivity contribution is -0.122. The molecule has 0 spiro atoms. The Labute approximate surface area is 153 Å². The van der Waals surface area contributed by atoms with E-state index in [2.05, 4.69) is 10.6 Å². The zero-order valence-electron chi connectivity index (χ0n) is 15.0. The number of amides is 2. The molecule has 1 heterocycles. The monoisotopic (exact) mass is 383 g/mol. The first kappa shape index (κ1) is 20.3. The zero-order chi connectivity index (χ0) is 19.2. The number of hydrogen-bond donors (Lipinski definition) is 2. The third kappa shape index (κ3) is 5.52. The average molecular weight is 383 g/mol. The molecule has 0 aromatic heterocycles. The highest BCUT2D eigenvalue weighted by Crippen LogP contribution is 2.18. The highest BCUT2D eigenvalue weighted by molar-refractivity contribution is 7.89. The molecule has 0 radical (unpaired) electrons. The van der Waals surface area contributed by atoms with Crippen LogP contribution in [0.15, 0.2) is 29.2 Å². The van der Waals surface area contributed by atoms with Crippen LogP contribution in [0.25, 0.3) is 0 Å². The highest BCUT2D eigenvalue weighted by atomic mass is 32.2. The molecule has 2 N–H and O–H groups in total. The first-order chi connectivity index (χ1) is 12.3. The van der Waals surface area contributed by atoms with E-state index in [1.807, 2.05) is 13.8 Å². The average Bonchev–Trinajstić information content (AvgIpc) is 2.61. The number of ether oxygens (including phenoxy) is 1. The summed E-state index contributed by atoms with van der Waals surface area (Å²) < 4.78 is 31.9. The van der Waals surface area contributed by atoms with Crippen molar-refractivity contribution in [1.29, 1.82) is 0 Å². The predicted molar refractivity (Wildman–Crippen MR) is 96.2 cm³/mol. The maximum atomic E-state index is 12.7. The Kier molecular flexibility index (Phi) is 7.13. The first-order valence-electron chi connectivity index (χ1n) is 8.57. The number of benzene rings is 1. The smallest absolute Gasteiger partial charge is 0.251 e. The molecule has 8 nitrogen and oxygen atoms in total. The van der Waals surface area contributed by atoms with Gasteiger partial charge in [-0.05, 0) is 38.5 Å². The zero-order valence-corrected chi connectivity index (χ0v) is 15.8. The van der Waals surface area contributed by atoms with Gasteiger partial charge in [0.2, 0.25) is 15.9 Å². The fourth-order valence-electron chi connectivity index (χ4n) is 2.46. The summed E-state index contributed by atoms with van der Waals surface area (Å²) in [5.41, 5.74) is 0.261. The largest absolute Gasteiger partial charge is 0.379 e. The minimum atomic E-state index is -3.82. The van der Waals surface area contributed by atoms with E-state index in [4.69, 9.17) is 4.74 Å². The number of carbonyl (C=O) groups is 2. The van der Waals surface area contributed by atoms with Gasteiger partial charge in [0, 0.05) is 31.8 Å². The van der Waals surface area contributed by atoms with Crippen molar-refractivity contribution in [1.82, 2.24) is 14.9 Å². The van der Waals surface area contributed by atoms with E-state index >= 15 is 0 Å². The van der Waals surface area contributed by atoms with Crippen molar-refractivity contribution in [3.05, 3.63) is 29.8 Å². The first-order valence-corrected chi connectivity index (χ1v) is 10.0. The van der Waals surface area contributed by atoms with E-state index in [-0.39, 0.29) is 48.0 Å². The molecular weight excluding hydrogens is 358 g/mol. The van der Waals surface area contributed by atoms with Gasteiger partial charge < -0.3 is 15.4 Å². The molecule has 26 heavy (non-hydrogen) atoms. The van der Waals surface area contributed by atoms with E-state index in [9.17, 15) is 18.0 Å². The molecule has 2 rings (SSSR count). The third-order valence-electron chi connectivity index (χ3n) is 3.80. The second kappa shape index (κ2) is 9.11. The fraction of sp³-hybridized carbons (Fsp3) is 0.529. The molecule has 0 unspecified atom stereocenters. The number of carbonyl (C=O) groups excluding carboxylic acids is 2. The van der Waals surface area contributed by atoms with Crippen molar-refractivity contribution >= 4 is 21.8 Å². The SMILES string of the molecule is CC(C)OCCCNC(=O)c1cccc(S(=O)(=O)N2CCNC(=O)C2)c1. The van der Waals surface area contributed by atoms with Crippen LogP contribution < -0.4 is 10.6 Å². The summed E-state index contributed by atoms with van der Waals surface area (Å²) in [6.07, 6.45) is 0.814. The normalized spacial score (nSPS) is 15.7. The number of piperazine rings is 1. The third-order valence-corrected chi connectivity index (χ3v) is 5.64. The standard InChI is InChI=1S/C17H25N3O5S/c1-13(2)25-10-4-7-19-17(22)14-5-3-6-15(11-14)26(23,24)20-9-8-18-16(21)12-20/h3,5-6,11,13H,4,7-10,12H2,1-2H3,(H,18,21)(H,19,22). The minimum absolute atomic E-state index is 0.00277. The van der Waals surface area contributed by atoms with Crippen molar-refractivity contribution in [3.63, 3.8) is 0 Å². The quantitative estimate of drug-likeness (QED) is 0.631. The molecule has 144 valence electrons. The number of nitrogens with one attached hydrogen (secondary N) is 2. The number of hydrogen-bond acceptors (Lipinski definition) is 5. The van der Waals surface area contributed by atoms with Crippen molar-refractivity contribution < 1.29 is 22.7 Å². The van der Waals surface area contributed by atoms with Gasteiger partial charge in [0.1, 0.15) is 0 Å². The van der Waals surface area contributed by atoms with E-state index < -0.39 is 10.0 Å². The summed E-state index contributed by atoms with van der Waals surface area (Å²) in [4.78, 5) is 23.7. The second-order valence-electron chi connectivity index (χ2n) is 6.25. The molecule has 0 bridgehead atoms. The molecule has 1 aliphatic rings. The number of sulfonamides is 1. The molecule has 1 fully saturated rings. The molecule has 1 saturated heterocycles. The van der Waals surface area contributed by atoms with Gasteiger partial charge in [0.05, 0.1) is 17.5 Å². The van der Waals surface area contributed by atoms with E-state index in [1.54, 1.807) is 6.07 Å². The molecule has 1 aromatic rings. The van der Waals surface area contributed by atoms with Crippen LogP contribution in [-0.2, 0) is 19.6 Å². The van der Waals surface area contributed by atoms with Crippen LogP contribution in [0.2, 0.25) is 0 Å². The molecule has 0 atom stereocenters. The predicted octanol–water partition coefficient (Wildman–Crippen LogP) is 0.352. The van der Waals surface area contributed by atoms with E-state index in [0.717, 1.165) is 4.31 Å². The Hall–Kier alpha value is -1.97. The Bertz CT molecular complexity index is 749. The van der Waals surface area contributed by atoms with Gasteiger partial charge >= 0.3 is 0 Å². The molecular formula is C17H25N3O5S. The van der Waals surface area contributed by atoms with Crippen LogP contribution in [0.4, 0.5) is 0 Å². The van der Waals surface area contributed by atoms with E-state index in [0.29, 0.717) is 19.6 Å². The van der Waals surface area contributed by atoms with Crippen molar-refractivity contribution in [3.8, 4) is 0 Å². The van der Waals surface area contributed by atoms with Gasteiger partial charge in [0.25, 0.3) is 5.91 Å². The molecule has 9 heteroatoms. The highest BCUT2D eigenvalue weighted by Gasteiger charge is 2.29. The van der Waals surface area contributed by atoms with E-state index in [1.165, 1.54) is 18.2 Å². The van der Waals surface area contributed by atoms with Crippen molar-refractivity contribution in [2.75, 3.05) is 32.8 Å². The number of nitrogens with zero attached hydrogens (tertiary/aromatic N) is 1. The minimum Gasteiger partial charge on any atom is -0.379 e. The Morgan fingerprint density at radius 3 is 2.85 bits per heavy atom. The topological polar surface area (TPSA) is 105 Å². The summed E-state index contributed by atoms with van der Waals surface area (Å²) in [5.74, 6) is -0.680. The van der Waals surface area contributed by atoms with Gasteiger partial charge in [-0.2, -0.15) is 4.31 Å². The van der Waals surface area contributed by atoms with Crippen LogP contribution >= 0.6 is 0 Å². The van der Waals surface area contributed by atoms with Gasteiger partial charge in [-0.1, -0.05) is 6.07 Å². The van der Waals surface area contributed by atoms with Crippen LogP contribution in [0.1, 0.15) is 30.6 Å². The summed E-state index contributed by atoms with van der Waals surface area (Å²) in [6, 6.07) is 5.84. The maximum Gasteiger partial charge on any atom is 0.251 e. The lowest BCUT2D eigenvalue weighted by Gasteiger charge is -2.26. The van der Waals surface area contributed by atoms with Crippen LogP contribution in [0, 0.1) is 0 Å². The molecule has 1 aliphatic heterocycles. The maximum absolute atomic E-state index is 12.7. The van der Waals surface area contributed by atoms with Crippen LogP contribution in [0.3, 0.4) is 0 Å². The molecule has 0 aliphatic carbocycles. The lowest BCUT2D eigenvalue weighted by atomic mass is 10.2. The Morgan fingerprint density at radius 2 is 2.15 bits per heavy atom. The summed E-state index contributed by atoms with van der Waals surface area (Å²) in [6.45, 7) is 5.14.